The molecule has 0 aliphatic heterocycles. The fourth-order valence-electron chi connectivity index (χ4n) is 2.07. The molecule has 1 atom stereocenters. The number of nitrogens with zero attached hydrogens (tertiary/aromatic N) is 1. The molecule has 0 radical (unpaired) electrons. The van der Waals surface area contributed by atoms with Crippen LogP contribution in [0.4, 0.5) is 0 Å². The van der Waals surface area contributed by atoms with E-state index < -0.39 is 21.9 Å². The second kappa shape index (κ2) is 5.83. The number of aliphatic carboxylic acids is 1. The molecular weight excluding hydrogens is 290 g/mol. The van der Waals surface area contributed by atoms with Crippen LogP contribution in [0, 0.1) is 5.92 Å². The molecule has 0 aliphatic rings. The van der Waals surface area contributed by atoms with Crippen LogP contribution in [0.1, 0.15) is 6.92 Å². The Bertz CT molecular complexity index is 770. The Morgan fingerprint density at radius 2 is 1.81 bits per heavy atom. The molecule has 21 heavy (non-hydrogen) atoms. The van der Waals surface area contributed by atoms with Crippen LogP contribution in [0.5, 0.6) is 0 Å². The summed E-state index contributed by atoms with van der Waals surface area (Å²) in [7, 11) is -2.30. The van der Waals surface area contributed by atoms with Crippen LogP contribution >= 0.6 is 0 Å². The van der Waals surface area contributed by atoms with Crippen molar-refractivity contribution in [3.63, 3.8) is 0 Å². The van der Waals surface area contributed by atoms with Crippen LogP contribution in [0.2, 0.25) is 0 Å². The molecule has 0 fully saturated rings. The average Bonchev–Trinajstić information content (AvgIpc) is 2.46. The van der Waals surface area contributed by atoms with Gasteiger partial charge in [0.25, 0.3) is 0 Å². The Morgan fingerprint density at radius 3 is 2.43 bits per heavy atom. The number of hydrogen-bond acceptors (Lipinski definition) is 3. The minimum absolute atomic E-state index is 0.0650. The topological polar surface area (TPSA) is 74.7 Å². The van der Waals surface area contributed by atoms with Gasteiger partial charge in [-0.3, -0.25) is 4.79 Å². The first-order chi connectivity index (χ1) is 9.82. The smallest absolute Gasteiger partial charge is 0.307 e. The average molecular weight is 307 g/mol. The fraction of sp³-hybridized carbons (Fsp3) is 0.267. The van der Waals surface area contributed by atoms with Crippen molar-refractivity contribution in [3.05, 3.63) is 42.5 Å². The Hall–Kier alpha value is -1.92. The molecule has 112 valence electrons. The zero-order valence-corrected chi connectivity index (χ0v) is 12.7. The van der Waals surface area contributed by atoms with E-state index in [2.05, 4.69) is 0 Å². The predicted octanol–water partition coefficient (Wildman–Crippen LogP) is 2.18. The van der Waals surface area contributed by atoms with E-state index in [1.165, 1.54) is 14.0 Å². The maximum atomic E-state index is 12.5. The zero-order chi connectivity index (χ0) is 15.6. The van der Waals surface area contributed by atoms with Gasteiger partial charge in [0.2, 0.25) is 10.0 Å². The number of hydrogen-bond donors (Lipinski definition) is 1. The highest BCUT2D eigenvalue weighted by molar-refractivity contribution is 7.89. The molecule has 6 heteroatoms. The van der Waals surface area contributed by atoms with E-state index in [0.717, 1.165) is 15.1 Å². The van der Waals surface area contributed by atoms with Crippen LogP contribution in [-0.2, 0) is 14.8 Å². The molecular formula is C15H17NO4S. The Labute approximate surface area is 123 Å². The van der Waals surface area contributed by atoms with Crippen LogP contribution in [-0.4, -0.2) is 37.4 Å². The standard InChI is InChI=1S/C15H17NO4S/c1-11(15(17)18)10-16(2)21(19,20)14-8-7-12-5-3-4-6-13(12)9-14/h3-9,11H,10H2,1-2H3,(H,17,18). The third-order valence-electron chi connectivity index (χ3n) is 3.38. The van der Waals surface area contributed by atoms with Crippen LogP contribution < -0.4 is 0 Å². The second-order valence-corrected chi connectivity index (χ2v) is 7.08. The monoisotopic (exact) mass is 307 g/mol. The van der Waals surface area contributed by atoms with Crippen molar-refractivity contribution in [2.75, 3.05) is 13.6 Å². The van der Waals surface area contributed by atoms with Gasteiger partial charge in [-0.05, 0) is 22.9 Å². The molecule has 0 heterocycles. The lowest BCUT2D eigenvalue weighted by atomic mass is 10.1. The highest BCUT2D eigenvalue weighted by Crippen LogP contribution is 2.21. The van der Waals surface area contributed by atoms with E-state index in [-0.39, 0.29) is 11.4 Å². The van der Waals surface area contributed by atoms with Gasteiger partial charge in [0, 0.05) is 13.6 Å². The molecule has 1 unspecified atom stereocenters. The summed E-state index contributed by atoms with van der Waals surface area (Å²) in [6.45, 7) is 1.42. The molecule has 0 aliphatic carbocycles. The highest BCUT2D eigenvalue weighted by atomic mass is 32.2. The molecule has 2 aromatic carbocycles. The molecule has 5 nitrogen and oxygen atoms in total. The van der Waals surface area contributed by atoms with Crippen molar-refractivity contribution in [3.8, 4) is 0 Å². The van der Waals surface area contributed by atoms with E-state index in [4.69, 9.17) is 5.11 Å². The maximum Gasteiger partial charge on any atom is 0.307 e. The van der Waals surface area contributed by atoms with Gasteiger partial charge >= 0.3 is 5.97 Å². The molecule has 1 N–H and O–H groups in total. The summed E-state index contributed by atoms with van der Waals surface area (Å²) >= 11 is 0. The minimum Gasteiger partial charge on any atom is -0.481 e. The normalized spacial score (nSPS) is 13.5. The fourth-order valence-corrected chi connectivity index (χ4v) is 3.37. The summed E-state index contributed by atoms with van der Waals surface area (Å²) in [6, 6.07) is 12.4. The quantitative estimate of drug-likeness (QED) is 0.918. The third-order valence-corrected chi connectivity index (χ3v) is 5.20. The third kappa shape index (κ3) is 3.22. The Balaban J connectivity index is 2.34. The maximum absolute atomic E-state index is 12.5. The van der Waals surface area contributed by atoms with Gasteiger partial charge in [-0.2, -0.15) is 0 Å². The van der Waals surface area contributed by atoms with Gasteiger partial charge in [-0.25, -0.2) is 12.7 Å². The summed E-state index contributed by atoms with van der Waals surface area (Å²) in [4.78, 5) is 11.0. The summed E-state index contributed by atoms with van der Waals surface area (Å²) in [5.41, 5.74) is 0. The molecule has 2 aromatic rings. The SMILES string of the molecule is CC(CN(C)S(=O)(=O)c1ccc2ccccc2c1)C(=O)O. The predicted molar refractivity (Wildman–Crippen MR) is 80.6 cm³/mol. The number of rotatable bonds is 5. The summed E-state index contributed by atoms with van der Waals surface area (Å²) in [5, 5.41) is 10.7. The lowest BCUT2D eigenvalue weighted by Crippen LogP contribution is -2.33. The highest BCUT2D eigenvalue weighted by Gasteiger charge is 2.24. The molecule has 0 bridgehead atoms. The molecule has 0 amide bonds. The van der Waals surface area contributed by atoms with Gasteiger partial charge < -0.3 is 5.11 Å². The number of sulfonamides is 1. The molecule has 2 rings (SSSR count). The zero-order valence-electron chi connectivity index (χ0n) is 11.9. The van der Waals surface area contributed by atoms with E-state index >= 15 is 0 Å². The molecule has 0 aromatic heterocycles. The minimum atomic E-state index is -3.69. The Morgan fingerprint density at radius 1 is 1.19 bits per heavy atom. The molecule has 0 spiro atoms. The van der Waals surface area contributed by atoms with Crippen LogP contribution in [0.25, 0.3) is 10.8 Å². The van der Waals surface area contributed by atoms with Crippen LogP contribution in [0.15, 0.2) is 47.4 Å². The number of fused-ring (bicyclic) bond motifs is 1. The van der Waals surface area contributed by atoms with Crippen molar-refractivity contribution in [2.24, 2.45) is 5.92 Å². The van der Waals surface area contributed by atoms with Gasteiger partial charge in [-0.1, -0.05) is 37.3 Å². The van der Waals surface area contributed by atoms with Crippen molar-refractivity contribution < 1.29 is 18.3 Å². The van der Waals surface area contributed by atoms with Crippen molar-refractivity contribution >= 4 is 26.8 Å². The van der Waals surface area contributed by atoms with Gasteiger partial charge in [0.1, 0.15) is 0 Å². The largest absolute Gasteiger partial charge is 0.481 e. The number of benzene rings is 2. The first-order valence-corrected chi connectivity index (χ1v) is 7.94. The summed E-state index contributed by atoms with van der Waals surface area (Å²) in [6.07, 6.45) is 0. The Kier molecular flexibility index (Phi) is 4.29. The lowest BCUT2D eigenvalue weighted by molar-refractivity contribution is -0.141. The lowest BCUT2D eigenvalue weighted by Gasteiger charge is -2.19. The molecule has 0 saturated heterocycles. The molecule has 0 saturated carbocycles. The second-order valence-electron chi connectivity index (χ2n) is 5.03. The van der Waals surface area contributed by atoms with Gasteiger partial charge in [0.05, 0.1) is 10.8 Å². The van der Waals surface area contributed by atoms with Crippen molar-refractivity contribution in [2.45, 2.75) is 11.8 Å². The van der Waals surface area contributed by atoms with Gasteiger partial charge in [0.15, 0.2) is 0 Å². The number of carbonyl (C=O) groups is 1. The number of carboxylic acids is 1. The van der Waals surface area contributed by atoms with E-state index in [1.54, 1.807) is 18.2 Å². The first-order valence-electron chi connectivity index (χ1n) is 6.50. The van der Waals surface area contributed by atoms with Crippen LogP contribution in [0.3, 0.4) is 0 Å². The summed E-state index contributed by atoms with van der Waals surface area (Å²) in [5.74, 6) is -1.78. The van der Waals surface area contributed by atoms with Crippen molar-refractivity contribution in [1.82, 2.24) is 4.31 Å². The van der Waals surface area contributed by atoms with Crippen molar-refractivity contribution in [1.29, 1.82) is 0 Å². The van der Waals surface area contributed by atoms with E-state index in [9.17, 15) is 13.2 Å². The number of carboxylic acid groups (broad SMARTS) is 1. The van der Waals surface area contributed by atoms with E-state index in [1.807, 2.05) is 24.3 Å². The van der Waals surface area contributed by atoms with E-state index in [0.29, 0.717) is 0 Å². The van der Waals surface area contributed by atoms with Gasteiger partial charge in [-0.15, -0.1) is 0 Å². The summed E-state index contributed by atoms with van der Waals surface area (Å²) < 4.78 is 26.0. The first kappa shape index (κ1) is 15.5.